The van der Waals surface area contributed by atoms with Crippen molar-refractivity contribution in [2.24, 2.45) is 0 Å². The molecule has 98 valence electrons. The molecule has 0 saturated carbocycles. The summed E-state index contributed by atoms with van der Waals surface area (Å²) < 4.78 is 23.7. The molecule has 1 heterocycles. The predicted octanol–water partition coefficient (Wildman–Crippen LogP) is 2.61. The second kappa shape index (κ2) is 5.96. The standard InChI is InChI=1S/C13H12FN3O2/c1-2-3-13-16-12(17-19-13)8-18-10-5-4-9(7-15)11(14)6-10/h4-6H,2-3,8H2,1H3. The summed E-state index contributed by atoms with van der Waals surface area (Å²) in [7, 11) is 0. The van der Waals surface area contributed by atoms with Crippen LogP contribution in [-0.4, -0.2) is 10.1 Å². The minimum Gasteiger partial charge on any atom is -0.485 e. The summed E-state index contributed by atoms with van der Waals surface area (Å²) >= 11 is 0. The van der Waals surface area contributed by atoms with E-state index in [2.05, 4.69) is 10.1 Å². The van der Waals surface area contributed by atoms with E-state index in [-0.39, 0.29) is 12.2 Å². The van der Waals surface area contributed by atoms with Crippen LogP contribution in [0.5, 0.6) is 5.75 Å². The highest BCUT2D eigenvalue weighted by atomic mass is 19.1. The first-order valence-corrected chi connectivity index (χ1v) is 5.87. The van der Waals surface area contributed by atoms with Gasteiger partial charge in [-0.1, -0.05) is 12.1 Å². The molecule has 1 aromatic carbocycles. The summed E-state index contributed by atoms with van der Waals surface area (Å²) in [5, 5.41) is 12.4. The maximum atomic E-state index is 13.3. The van der Waals surface area contributed by atoms with E-state index in [0.717, 1.165) is 18.9 Å². The van der Waals surface area contributed by atoms with Gasteiger partial charge in [0.05, 0.1) is 5.56 Å². The predicted molar refractivity (Wildman–Crippen MR) is 63.7 cm³/mol. The average molecular weight is 261 g/mol. The molecule has 0 radical (unpaired) electrons. The molecule has 0 aliphatic rings. The lowest BCUT2D eigenvalue weighted by Crippen LogP contribution is -1.98. The summed E-state index contributed by atoms with van der Waals surface area (Å²) in [6.45, 7) is 2.11. The van der Waals surface area contributed by atoms with Crippen LogP contribution in [0.15, 0.2) is 22.7 Å². The van der Waals surface area contributed by atoms with Gasteiger partial charge in [-0.05, 0) is 18.6 Å². The number of benzene rings is 1. The number of aryl methyl sites for hydroxylation is 1. The lowest BCUT2D eigenvalue weighted by molar-refractivity contribution is 0.284. The van der Waals surface area contributed by atoms with Crippen LogP contribution in [0, 0.1) is 17.1 Å². The average Bonchev–Trinajstić information content (AvgIpc) is 2.85. The zero-order chi connectivity index (χ0) is 13.7. The van der Waals surface area contributed by atoms with Crippen LogP contribution in [0.3, 0.4) is 0 Å². The Morgan fingerprint density at radius 1 is 1.47 bits per heavy atom. The third-order valence-corrected chi connectivity index (χ3v) is 2.40. The van der Waals surface area contributed by atoms with Crippen molar-refractivity contribution in [2.75, 3.05) is 0 Å². The van der Waals surface area contributed by atoms with E-state index in [9.17, 15) is 4.39 Å². The van der Waals surface area contributed by atoms with Gasteiger partial charge in [-0.25, -0.2) is 4.39 Å². The Morgan fingerprint density at radius 3 is 3.00 bits per heavy atom. The molecule has 2 aromatic rings. The van der Waals surface area contributed by atoms with Gasteiger partial charge >= 0.3 is 0 Å². The third-order valence-electron chi connectivity index (χ3n) is 2.40. The molecule has 0 amide bonds. The van der Waals surface area contributed by atoms with E-state index in [4.69, 9.17) is 14.5 Å². The Bertz CT molecular complexity index is 604. The van der Waals surface area contributed by atoms with E-state index < -0.39 is 5.82 Å². The number of nitrogens with zero attached hydrogens (tertiary/aromatic N) is 3. The number of rotatable bonds is 5. The monoisotopic (exact) mass is 261 g/mol. The lowest BCUT2D eigenvalue weighted by atomic mass is 10.2. The second-order valence-electron chi connectivity index (χ2n) is 3.90. The molecule has 0 aliphatic heterocycles. The third kappa shape index (κ3) is 3.28. The highest BCUT2D eigenvalue weighted by molar-refractivity contribution is 5.36. The summed E-state index contributed by atoms with van der Waals surface area (Å²) in [6, 6.07) is 5.79. The molecule has 0 aliphatic carbocycles. The van der Waals surface area contributed by atoms with Gasteiger partial charge in [0, 0.05) is 12.5 Å². The van der Waals surface area contributed by atoms with E-state index >= 15 is 0 Å². The molecule has 0 spiro atoms. The van der Waals surface area contributed by atoms with Crippen molar-refractivity contribution in [1.82, 2.24) is 10.1 Å². The highest BCUT2D eigenvalue weighted by Gasteiger charge is 2.07. The fourth-order valence-electron chi connectivity index (χ4n) is 1.49. The molecule has 2 rings (SSSR count). The molecule has 0 bridgehead atoms. The zero-order valence-corrected chi connectivity index (χ0v) is 10.4. The van der Waals surface area contributed by atoms with Gasteiger partial charge in [0.15, 0.2) is 6.61 Å². The number of hydrogen-bond donors (Lipinski definition) is 0. The molecule has 0 saturated heterocycles. The SMILES string of the molecule is CCCc1nc(COc2ccc(C#N)c(F)c2)no1. The summed E-state index contributed by atoms with van der Waals surface area (Å²) in [4.78, 5) is 4.12. The van der Waals surface area contributed by atoms with Crippen molar-refractivity contribution < 1.29 is 13.7 Å². The van der Waals surface area contributed by atoms with Gasteiger partial charge in [-0.3, -0.25) is 0 Å². The fourth-order valence-corrected chi connectivity index (χ4v) is 1.49. The number of nitriles is 1. The van der Waals surface area contributed by atoms with Crippen LogP contribution >= 0.6 is 0 Å². The smallest absolute Gasteiger partial charge is 0.226 e. The fraction of sp³-hybridized carbons (Fsp3) is 0.308. The van der Waals surface area contributed by atoms with Gasteiger partial charge in [0.2, 0.25) is 11.7 Å². The van der Waals surface area contributed by atoms with E-state index in [1.54, 1.807) is 6.07 Å². The molecular weight excluding hydrogens is 249 g/mol. The first kappa shape index (κ1) is 13.0. The number of hydrogen-bond acceptors (Lipinski definition) is 5. The Kier molecular flexibility index (Phi) is 4.08. The number of ether oxygens (including phenoxy) is 1. The lowest BCUT2D eigenvalue weighted by Gasteiger charge is -2.03. The van der Waals surface area contributed by atoms with Crippen LogP contribution in [0.25, 0.3) is 0 Å². The number of aromatic nitrogens is 2. The highest BCUT2D eigenvalue weighted by Crippen LogP contribution is 2.17. The van der Waals surface area contributed by atoms with Crippen LogP contribution in [-0.2, 0) is 13.0 Å². The van der Waals surface area contributed by atoms with Crippen LogP contribution in [0.1, 0.15) is 30.6 Å². The molecular formula is C13H12FN3O2. The van der Waals surface area contributed by atoms with Crippen molar-refractivity contribution in [3.63, 3.8) is 0 Å². The molecule has 0 unspecified atom stereocenters. The quantitative estimate of drug-likeness (QED) is 0.827. The Balaban J connectivity index is 1.98. The molecule has 0 fully saturated rings. The van der Waals surface area contributed by atoms with Crippen LogP contribution in [0.2, 0.25) is 0 Å². The Morgan fingerprint density at radius 2 is 2.32 bits per heavy atom. The molecule has 1 aromatic heterocycles. The Hall–Kier alpha value is -2.42. The van der Waals surface area contributed by atoms with Gasteiger partial charge in [-0.2, -0.15) is 10.2 Å². The molecule has 0 atom stereocenters. The first-order chi connectivity index (χ1) is 9.22. The number of halogens is 1. The second-order valence-corrected chi connectivity index (χ2v) is 3.90. The topological polar surface area (TPSA) is 71.9 Å². The minimum atomic E-state index is -0.611. The van der Waals surface area contributed by atoms with Crippen molar-refractivity contribution in [3.05, 3.63) is 41.3 Å². The molecule has 19 heavy (non-hydrogen) atoms. The molecule has 6 heteroatoms. The minimum absolute atomic E-state index is 0.0165. The maximum Gasteiger partial charge on any atom is 0.226 e. The van der Waals surface area contributed by atoms with Crippen molar-refractivity contribution in [2.45, 2.75) is 26.4 Å². The van der Waals surface area contributed by atoms with Crippen molar-refractivity contribution in [1.29, 1.82) is 5.26 Å². The van der Waals surface area contributed by atoms with E-state index in [1.165, 1.54) is 12.1 Å². The summed E-state index contributed by atoms with van der Waals surface area (Å²) in [6.07, 6.45) is 1.64. The van der Waals surface area contributed by atoms with Gasteiger partial charge in [-0.15, -0.1) is 0 Å². The van der Waals surface area contributed by atoms with E-state index in [0.29, 0.717) is 17.5 Å². The summed E-state index contributed by atoms with van der Waals surface area (Å²) in [5.41, 5.74) is -0.0165. The summed E-state index contributed by atoms with van der Waals surface area (Å²) in [5.74, 6) is 0.679. The first-order valence-electron chi connectivity index (χ1n) is 5.87. The van der Waals surface area contributed by atoms with Gasteiger partial charge in [0.1, 0.15) is 17.6 Å². The van der Waals surface area contributed by atoms with Crippen molar-refractivity contribution >= 4 is 0 Å². The van der Waals surface area contributed by atoms with Gasteiger partial charge < -0.3 is 9.26 Å². The van der Waals surface area contributed by atoms with Crippen LogP contribution < -0.4 is 4.74 Å². The maximum absolute atomic E-state index is 13.3. The van der Waals surface area contributed by atoms with Gasteiger partial charge in [0.25, 0.3) is 0 Å². The Labute approximate surface area is 109 Å². The molecule has 0 N–H and O–H groups in total. The molecule has 5 nitrogen and oxygen atoms in total. The van der Waals surface area contributed by atoms with Crippen LogP contribution in [0.4, 0.5) is 4.39 Å². The largest absolute Gasteiger partial charge is 0.485 e. The normalized spacial score (nSPS) is 10.2. The van der Waals surface area contributed by atoms with Crippen molar-refractivity contribution in [3.8, 4) is 11.8 Å². The van der Waals surface area contributed by atoms with E-state index in [1.807, 2.05) is 6.92 Å². The zero-order valence-electron chi connectivity index (χ0n) is 10.4.